The number of piperazine rings is 1. The summed E-state index contributed by atoms with van der Waals surface area (Å²) >= 11 is 0. The van der Waals surface area contributed by atoms with E-state index in [9.17, 15) is 13.6 Å². The number of nitrogens with zero attached hydrogens (tertiary/aromatic N) is 4. The first-order chi connectivity index (χ1) is 15.5. The average molecular weight is 444 g/mol. The van der Waals surface area contributed by atoms with E-state index < -0.39 is 6.61 Å². The van der Waals surface area contributed by atoms with Crippen LogP contribution in [0.5, 0.6) is 11.5 Å². The number of hydrogen-bond donors (Lipinski definition) is 0. The van der Waals surface area contributed by atoms with Gasteiger partial charge in [0.1, 0.15) is 0 Å². The van der Waals surface area contributed by atoms with Crippen molar-refractivity contribution in [1.29, 1.82) is 0 Å². The molecule has 4 rings (SSSR count). The molecule has 1 aromatic heterocycles. The quantitative estimate of drug-likeness (QED) is 0.553. The zero-order valence-corrected chi connectivity index (χ0v) is 17.4. The molecule has 10 heteroatoms. The number of ether oxygens (including phenoxy) is 2. The van der Waals surface area contributed by atoms with Gasteiger partial charge in [-0.25, -0.2) is 0 Å². The van der Waals surface area contributed by atoms with E-state index in [2.05, 4.69) is 19.8 Å². The number of amides is 1. The molecule has 1 amide bonds. The van der Waals surface area contributed by atoms with Gasteiger partial charge in [0.05, 0.1) is 13.7 Å². The topological polar surface area (TPSA) is 80.9 Å². The molecule has 32 heavy (non-hydrogen) atoms. The van der Waals surface area contributed by atoms with Crippen LogP contribution in [0.15, 0.2) is 53.1 Å². The Kier molecular flexibility index (Phi) is 6.60. The highest BCUT2D eigenvalue weighted by Gasteiger charge is 2.23. The van der Waals surface area contributed by atoms with Gasteiger partial charge in [0.25, 0.3) is 5.91 Å². The van der Waals surface area contributed by atoms with Crippen molar-refractivity contribution in [2.75, 3.05) is 33.3 Å². The number of benzene rings is 2. The molecule has 0 N–H and O–H groups in total. The van der Waals surface area contributed by atoms with Gasteiger partial charge in [0, 0.05) is 37.3 Å². The van der Waals surface area contributed by atoms with Crippen molar-refractivity contribution in [3.8, 4) is 22.9 Å². The van der Waals surface area contributed by atoms with Crippen molar-refractivity contribution in [3.05, 3.63) is 60.0 Å². The van der Waals surface area contributed by atoms with Crippen LogP contribution in [-0.4, -0.2) is 65.7 Å². The summed E-state index contributed by atoms with van der Waals surface area (Å²) in [6.45, 7) is 0.0853. The van der Waals surface area contributed by atoms with Crippen LogP contribution in [0.2, 0.25) is 0 Å². The van der Waals surface area contributed by atoms with Crippen LogP contribution in [0, 0.1) is 0 Å². The maximum atomic E-state index is 12.6. The monoisotopic (exact) mass is 444 g/mol. The molecule has 0 unspecified atom stereocenters. The van der Waals surface area contributed by atoms with Crippen molar-refractivity contribution >= 4 is 5.91 Å². The Morgan fingerprint density at radius 2 is 1.84 bits per heavy atom. The standard InChI is InChI=1S/C22H22F2N4O4/c1-30-18-13-16(7-8-17(18)31-22(23)24)20-25-19(32-26-20)14-27-9-11-28(12-10-27)21(29)15-5-3-2-4-6-15/h2-8,13,22H,9-12,14H2,1H3. The highest BCUT2D eigenvalue weighted by atomic mass is 19.3. The normalized spacial score (nSPS) is 14.6. The summed E-state index contributed by atoms with van der Waals surface area (Å²) in [7, 11) is 1.36. The van der Waals surface area contributed by atoms with Gasteiger partial charge in [-0.1, -0.05) is 23.4 Å². The van der Waals surface area contributed by atoms with Crippen LogP contribution in [0.3, 0.4) is 0 Å². The number of carbonyl (C=O) groups is 1. The van der Waals surface area contributed by atoms with Crippen molar-refractivity contribution in [2.24, 2.45) is 0 Å². The molecule has 1 aliphatic heterocycles. The summed E-state index contributed by atoms with van der Waals surface area (Å²) < 4.78 is 39.9. The molecule has 1 fully saturated rings. The minimum Gasteiger partial charge on any atom is -0.493 e. The van der Waals surface area contributed by atoms with Gasteiger partial charge >= 0.3 is 6.61 Å². The van der Waals surface area contributed by atoms with Gasteiger partial charge in [-0.3, -0.25) is 9.69 Å². The average Bonchev–Trinajstić information content (AvgIpc) is 3.28. The molecule has 0 bridgehead atoms. The van der Waals surface area contributed by atoms with E-state index in [4.69, 9.17) is 9.26 Å². The summed E-state index contributed by atoms with van der Waals surface area (Å²) in [5.41, 5.74) is 1.24. The van der Waals surface area contributed by atoms with E-state index in [1.54, 1.807) is 6.07 Å². The third-order valence-corrected chi connectivity index (χ3v) is 5.15. The van der Waals surface area contributed by atoms with Crippen molar-refractivity contribution in [3.63, 3.8) is 0 Å². The van der Waals surface area contributed by atoms with Crippen molar-refractivity contribution in [2.45, 2.75) is 13.2 Å². The Morgan fingerprint density at radius 3 is 2.53 bits per heavy atom. The lowest BCUT2D eigenvalue weighted by Gasteiger charge is -2.34. The fourth-order valence-corrected chi connectivity index (χ4v) is 3.50. The zero-order valence-electron chi connectivity index (χ0n) is 17.4. The molecule has 8 nitrogen and oxygen atoms in total. The van der Waals surface area contributed by atoms with Crippen LogP contribution >= 0.6 is 0 Å². The number of rotatable bonds is 7. The molecule has 2 heterocycles. The maximum absolute atomic E-state index is 12.6. The first kappa shape index (κ1) is 21.7. The highest BCUT2D eigenvalue weighted by Crippen LogP contribution is 2.32. The van der Waals surface area contributed by atoms with Crippen LogP contribution in [0.25, 0.3) is 11.4 Å². The molecule has 0 saturated carbocycles. The number of halogens is 2. The van der Waals surface area contributed by atoms with Gasteiger partial charge in [0.2, 0.25) is 11.7 Å². The smallest absolute Gasteiger partial charge is 0.387 e. The fraction of sp³-hybridized carbons (Fsp3) is 0.318. The lowest BCUT2D eigenvalue weighted by atomic mass is 10.2. The number of aromatic nitrogens is 2. The SMILES string of the molecule is COc1cc(-c2noc(CN3CCN(C(=O)c4ccccc4)CC3)n2)ccc1OC(F)F. The minimum atomic E-state index is -2.95. The molecule has 0 radical (unpaired) electrons. The molecule has 0 spiro atoms. The van der Waals surface area contributed by atoms with E-state index in [0.717, 1.165) is 0 Å². The van der Waals surface area contributed by atoms with Gasteiger partial charge in [-0.15, -0.1) is 0 Å². The molecule has 168 valence electrons. The summed E-state index contributed by atoms with van der Waals surface area (Å²) in [4.78, 5) is 20.9. The van der Waals surface area contributed by atoms with E-state index in [-0.39, 0.29) is 17.4 Å². The molecule has 1 aliphatic rings. The van der Waals surface area contributed by atoms with E-state index in [1.165, 1.54) is 19.2 Å². The second-order valence-corrected chi connectivity index (χ2v) is 7.19. The van der Waals surface area contributed by atoms with E-state index in [1.807, 2.05) is 35.2 Å². The van der Waals surface area contributed by atoms with Crippen LogP contribution in [0.4, 0.5) is 8.78 Å². The maximum Gasteiger partial charge on any atom is 0.387 e. The Bertz CT molecular complexity index is 1050. The Balaban J connectivity index is 1.36. The van der Waals surface area contributed by atoms with Crippen molar-refractivity contribution in [1.82, 2.24) is 19.9 Å². The van der Waals surface area contributed by atoms with Gasteiger partial charge in [-0.2, -0.15) is 13.8 Å². The Morgan fingerprint density at radius 1 is 1.09 bits per heavy atom. The molecular formula is C22H22F2N4O4. The van der Waals surface area contributed by atoms with Gasteiger partial charge in [0.15, 0.2) is 11.5 Å². The molecular weight excluding hydrogens is 422 g/mol. The second kappa shape index (κ2) is 9.73. The Labute approximate surface area is 183 Å². The van der Waals surface area contributed by atoms with Crippen LogP contribution in [-0.2, 0) is 6.54 Å². The molecule has 0 aliphatic carbocycles. The predicted octanol–water partition coefficient (Wildman–Crippen LogP) is 3.30. The number of hydrogen-bond acceptors (Lipinski definition) is 7. The second-order valence-electron chi connectivity index (χ2n) is 7.19. The van der Waals surface area contributed by atoms with E-state index in [0.29, 0.717) is 55.6 Å². The zero-order chi connectivity index (χ0) is 22.5. The summed E-state index contributed by atoms with van der Waals surface area (Å²) in [5.74, 6) is 0.847. The number of carbonyl (C=O) groups excluding carboxylic acids is 1. The lowest BCUT2D eigenvalue weighted by molar-refractivity contribution is -0.0512. The fourth-order valence-electron chi connectivity index (χ4n) is 3.50. The summed E-state index contributed by atoms with van der Waals surface area (Å²) in [5, 5.41) is 3.98. The molecule has 2 aromatic carbocycles. The predicted molar refractivity (Wildman–Crippen MR) is 111 cm³/mol. The molecule has 1 saturated heterocycles. The largest absolute Gasteiger partial charge is 0.493 e. The van der Waals surface area contributed by atoms with E-state index >= 15 is 0 Å². The summed E-state index contributed by atoms with van der Waals surface area (Å²) in [6, 6.07) is 13.7. The van der Waals surface area contributed by atoms with Gasteiger partial charge < -0.3 is 18.9 Å². The highest BCUT2D eigenvalue weighted by molar-refractivity contribution is 5.94. The first-order valence-corrected chi connectivity index (χ1v) is 10.1. The minimum absolute atomic E-state index is 0.0264. The van der Waals surface area contributed by atoms with Crippen LogP contribution in [0.1, 0.15) is 16.2 Å². The Hall–Kier alpha value is -3.53. The molecule has 0 atom stereocenters. The third-order valence-electron chi connectivity index (χ3n) is 5.15. The first-order valence-electron chi connectivity index (χ1n) is 10.1. The number of methoxy groups -OCH3 is 1. The van der Waals surface area contributed by atoms with Crippen LogP contribution < -0.4 is 9.47 Å². The number of alkyl halides is 2. The van der Waals surface area contributed by atoms with Crippen molar-refractivity contribution < 1.29 is 27.6 Å². The summed E-state index contributed by atoms with van der Waals surface area (Å²) in [6.07, 6.45) is 0. The lowest BCUT2D eigenvalue weighted by Crippen LogP contribution is -2.48. The van der Waals surface area contributed by atoms with Gasteiger partial charge in [-0.05, 0) is 30.3 Å². The molecule has 3 aromatic rings. The third kappa shape index (κ3) is 5.02.